The van der Waals surface area contributed by atoms with Crippen molar-refractivity contribution in [3.8, 4) is 5.75 Å². The molecular formula is C20H33NO2. The minimum atomic E-state index is -0.0196. The van der Waals surface area contributed by atoms with Crippen molar-refractivity contribution in [2.45, 2.75) is 60.8 Å². The zero-order valence-electron chi connectivity index (χ0n) is 16.1. The Labute approximate surface area is 142 Å². The van der Waals surface area contributed by atoms with Crippen LogP contribution in [0.5, 0.6) is 5.75 Å². The van der Waals surface area contributed by atoms with Crippen LogP contribution < -0.4 is 9.64 Å². The third-order valence-corrected chi connectivity index (χ3v) is 3.68. The van der Waals surface area contributed by atoms with E-state index in [1.54, 1.807) is 7.11 Å². The van der Waals surface area contributed by atoms with Gasteiger partial charge < -0.3 is 9.64 Å². The zero-order chi connectivity index (χ0) is 17.8. The van der Waals surface area contributed by atoms with E-state index in [9.17, 15) is 4.79 Å². The van der Waals surface area contributed by atoms with Crippen molar-refractivity contribution in [2.24, 2.45) is 11.3 Å². The molecular weight excluding hydrogens is 286 g/mol. The highest BCUT2D eigenvalue weighted by Crippen LogP contribution is 2.32. The molecule has 1 rings (SSSR count). The second-order valence-corrected chi connectivity index (χ2v) is 8.22. The quantitative estimate of drug-likeness (QED) is 0.717. The monoisotopic (exact) mass is 319 g/mol. The van der Waals surface area contributed by atoms with Crippen molar-refractivity contribution in [2.75, 3.05) is 18.6 Å². The van der Waals surface area contributed by atoms with Crippen molar-refractivity contribution in [1.29, 1.82) is 0 Å². The van der Waals surface area contributed by atoms with Gasteiger partial charge in [-0.05, 0) is 28.9 Å². The number of benzene rings is 1. The van der Waals surface area contributed by atoms with Gasteiger partial charge in [0.1, 0.15) is 5.75 Å². The van der Waals surface area contributed by atoms with E-state index in [1.165, 1.54) is 5.56 Å². The number of carbonyl (C=O) groups excluding carboxylic acids is 1. The fourth-order valence-electron chi connectivity index (χ4n) is 2.61. The van der Waals surface area contributed by atoms with E-state index in [-0.39, 0.29) is 11.3 Å². The maximum absolute atomic E-state index is 12.8. The van der Waals surface area contributed by atoms with Crippen LogP contribution in [0.2, 0.25) is 0 Å². The lowest BCUT2D eigenvalue weighted by molar-refractivity contribution is -0.120. The summed E-state index contributed by atoms with van der Waals surface area (Å²) < 4.78 is 5.55. The van der Waals surface area contributed by atoms with Crippen LogP contribution in [0.25, 0.3) is 0 Å². The predicted octanol–water partition coefficient (Wildman–Crippen LogP) is 5.24. The summed E-state index contributed by atoms with van der Waals surface area (Å²) in [4.78, 5) is 14.7. The number of methoxy groups -OCH3 is 1. The number of nitrogens with zero attached hydrogens (tertiary/aromatic N) is 1. The lowest BCUT2D eigenvalue weighted by Crippen LogP contribution is -2.36. The molecule has 1 aromatic rings. The molecule has 0 spiro atoms. The normalized spacial score (nSPS) is 11.9. The van der Waals surface area contributed by atoms with Crippen LogP contribution in [0.3, 0.4) is 0 Å². The number of rotatable bonds is 6. The molecule has 0 aliphatic carbocycles. The molecule has 0 radical (unpaired) electrons. The molecule has 0 saturated heterocycles. The Kier molecular flexibility index (Phi) is 6.67. The Morgan fingerprint density at radius 1 is 1.17 bits per heavy atom. The topological polar surface area (TPSA) is 29.5 Å². The van der Waals surface area contributed by atoms with Crippen LogP contribution >= 0.6 is 0 Å². The van der Waals surface area contributed by atoms with Crippen LogP contribution in [0.15, 0.2) is 18.2 Å². The average molecular weight is 319 g/mol. The summed E-state index contributed by atoms with van der Waals surface area (Å²) in [6.45, 7) is 15.6. The highest BCUT2D eigenvalue weighted by Gasteiger charge is 2.24. The SMILES string of the molecule is COc1cc(N(CC(C)C)C(=O)CC(C)(C)C)ccc1C(C)C. The lowest BCUT2D eigenvalue weighted by Gasteiger charge is -2.29. The summed E-state index contributed by atoms with van der Waals surface area (Å²) >= 11 is 0. The van der Waals surface area contributed by atoms with Gasteiger partial charge in [-0.3, -0.25) is 4.79 Å². The van der Waals surface area contributed by atoms with E-state index in [0.29, 0.717) is 18.3 Å². The fraction of sp³-hybridized carbons (Fsp3) is 0.650. The van der Waals surface area contributed by atoms with Gasteiger partial charge in [0.15, 0.2) is 0 Å². The van der Waals surface area contributed by atoms with E-state index < -0.39 is 0 Å². The highest BCUT2D eigenvalue weighted by atomic mass is 16.5. The van der Waals surface area contributed by atoms with Gasteiger partial charge in [-0.15, -0.1) is 0 Å². The summed E-state index contributed by atoms with van der Waals surface area (Å²) in [5, 5.41) is 0. The van der Waals surface area contributed by atoms with Gasteiger partial charge in [-0.1, -0.05) is 54.5 Å². The van der Waals surface area contributed by atoms with Crippen molar-refractivity contribution < 1.29 is 9.53 Å². The Morgan fingerprint density at radius 2 is 1.78 bits per heavy atom. The van der Waals surface area contributed by atoms with Crippen molar-refractivity contribution >= 4 is 11.6 Å². The van der Waals surface area contributed by atoms with Crippen molar-refractivity contribution in [3.63, 3.8) is 0 Å². The third kappa shape index (κ3) is 5.89. The lowest BCUT2D eigenvalue weighted by atomic mass is 9.91. The van der Waals surface area contributed by atoms with E-state index in [4.69, 9.17) is 4.74 Å². The van der Waals surface area contributed by atoms with Crippen molar-refractivity contribution in [3.05, 3.63) is 23.8 Å². The summed E-state index contributed by atoms with van der Waals surface area (Å²) in [6, 6.07) is 6.12. The average Bonchev–Trinajstić information content (AvgIpc) is 2.41. The van der Waals surface area contributed by atoms with Gasteiger partial charge in [-0.2, -0.15) is 0 Å². The Bertz CT molecular complexity index is 527. The molecule has 3 nitrogen and oxygen atoms in total. The van der Waals surface area contributed by atoms with Gasteiger partial charge in [0.25, 0.3) is 0 Å². The molecule has 0 aliphatic heterocycles. The molecule has 0 unspecified atom stereocenters. The van der Waals surface area contributed by atoms with Crippen LogP contribution in [0.1, 0.15) is 66.4 Å². The first kappa shape index (κ1) is 19.5. The smallest absolute Gasteiger partial charge is 0.227 e. The summed E-state index contributed by atoms with van der Waals surface area (Å²) in [7, 11) is 1.69. The van der Waals surface area contributed by atoms with Crippen LogP contribution in [-0.2, 0) is 4.79 Å². The number of amides is 1. The second-order valence-electron chi connectivity index (χ2n) is 8.22. The first-order valence-electron chi connectivity index (χ1n) is 8.53. The molecule has 0 N–H and O–H groups in total. The third-order valence-electron chi connectivity index (χ3n) is 3.68. The molecule has 0 aliphatic rings. The molecule has 0 bridgehead atoms. The minimum Gasteiger partial charge on any atom is -0.496 e. The summed E-state index contributed by atoms with van der Waals surface area (Å²) in [5.74, 6) is 1.83. The number of hydrogen-bond acceptors (Lipinski definition) is 2. The van der Waals surface area contributed by atoms with Gasteiger partial charge in [0.2, 0.25) is 5.91 Å². The van der Waals surface area contributed by atoms with Gasteiger partial charge in [0.05, 0.1) is 7.11 Å². The van der Waals surface area contributed by atoms with E-state index in [2.05, 4.69) is 54.5 Å². The first-order valence-corrected chi connectivity index (χ1v) is 8.53. The second kappa shape index (κ2) is 7.85. The Balaban J connectivity index is 3.19. The Morgan fingerprint density at radius 3 is 2.22 bits per heavy atom. The predicted molar refractivity (Wildman–Crippen MR) is 98.3 cm³/mol. The highest BCUT2D eigenvalue weighted by molar-refractivity contribution is 5.94. The van der Waals surface area contributed by atoms with Crippen LogP contribution in [0, 0.1) is 11.3 Å². The molecule has 1 amide bonds. The molecule has 0 atom stereocenters. The Hall–Kier alpha value is -1.51. The van der Waals surface area contributed by atoms with Crippen LogP contribution in [-0.4, -0.2) is 19.6 Å². The maximum Gasteiger partial charge on any atom is 0.227 e. The number of carbonyl (C=O) groups is 1. The molecule has 130 valence electrons. The van der Waals surface area contributed by atoms with Crippen LogP contribution in [0.4, 0.5) is 5.69 Å². The van der Waals surface area contributed by atoms with Gasteiger partial charge in [-0.25, -0.2) is 0 Å². The molecule has 3 heteroatoms. The maximum atomic E-state index is 12.8. The summed E-state index contributed by atoms with van der Waals surface area (Å²) in [6.07, 6.45) is 0.536. The molecule has 0 saturated carbocycles. The molecule has 0 heterocycles. The molecule has 23 heavy (non-hydrogen) atoms. The summed E-state index contributed by atoms with van der Waals surface area (Å²) in [5.41, 5.74) is 2.08. The zero-order valence-corrected chi connectivity index (χ0v) is 16.1. The minimum absolute atomic E-state index is 0.0196. The van der Waals surface area contributed by atoms with E-state index >= 15 is 0 Å². The molecule has 1 aromatic carbocycles. The van der Waals surface area contributed by atoms with E-state index in [0.717, 1.165) is 18.0 Å². The number of ether oxygens (including phenoxy) is 1. The fourth-order valence-corrected chi connectivity index (χ4v) is 2.61. The van der Waals surface area contributed by atoms with Gasteiger partial charge >= 0.3 is 0 Å². The standard InChI is InChI=1S/C20H33NO2/c1-14(2)13-21(19(22)12-20(5,6)7)16-9-10-17(15(3)4)18(11-16)23-8/h9-11,14-15H,12-13H2,1-8H3. The van der Waals surface area contributed by atoms with E-state index in [1.807, 2.05) is 17.0 Å². The largest absolute Gasteiger partial charge is 0.496 e. The molecule has 0 aromatic heterocycles. The molecule has 0 fully saturated rings. The van der Waals surface area contributed by atoms with Gasteiger partial charge in [0, 0.05) is 24.7 Å². The first-order chi connectivity index (χ1) is 10.5. The number of hydrogen-bond donors (Lipinski definition) is 0. The van der Waals surface area contributed by atoms with Crippen molar-refractivity contribution in [1.82, 2.24) is 0 Å². The number of anilines is 1.